The van der Waals surface area contributed by atoms with Gasteiger partial charge < -0.3 is 5.73 Å². The Bertz CT molecular complexity index is 210. The quantitative estimate of drug-likeness (QED) is 0.745. The van der Waals surface area contributed by atoms with Gasteiger partial charge in [-0.1, -0.05) is 34.6 Å². The first-order chi connectivity index (χ1) is 7.80. The summed E-state index contributed by atoms with van der Waals surface area (Å²) < 4.78 is 0. The van der Waals surface area contributed by atoms with Crippen LogP contribution in [-0.2, 0) is 0 Å². The maximum absolute atomic E-state index is 6.41. The molecular weight excluding hydrogens is 206 g/mol. The molecule has 102 valence electrons. The largest absolute Gasteiger partial charge is 0.327 e. The van der Waals surface area contributed by atoms with Crippen molar-refractivity contribution in [3.63, 3.8) is 0 Å². The Balaban J connectivity index is 2.31. The van der Waals surface area contributed by atoms with Gasteiger partial charge >= 0.3 is 0 Å². The molecule has 1 nitrogen and oxygen atoms in total. The second-order valence-corrected chi connectivity index (χ2v) is 7.64. The van der Waals surface area contributed by atoms with Gasteiger partial charge in [-0.15, -0.1) is 0 Å². The second-order valence-electron chi connectivity index (χ2n) is 7.64. The minimum atomic E-state index is 0.444. The number of hydrogen-bond acceptors (Lipinski definition) is 1. The van der Waals surface area contributed by atoms with Gasteiger partial charge in [0, 0.05) is 6.04 Å². The van der Waals surface area contributed by atoms with E-state index in [1.165, 1.54) is 38.5 Å². The molecule has 17 heavy (non-hydrogen) atoms. The average molecular weight is 239 g/mol. The molecule has 1 rings (SSSR count). The topological polar surface area (TPSA) is 26.0 Å². The van der Waals surface area contributed by atoms with Crippen LogP contribution in [0.3, 0.4) is 0 Å². The van der Waals surface area contributed by atoms with Crippen LogP contribution >= 0.6 is 0 Å². The normalized spacial score (nSPS) is 24.9. The zero-order valence-corrected chi connectivity index (χ0v) is 12.6. The van der Waals surface area contributed by atoms with Crippen LogP contribution in [0.1, 0.15) is 73.1 Å². The van der Waals surface area contributed by atoms with Gasteiger partial charge in [0.15, 0.2) is 0 Å². The predicted molar refractivity (Wildman–Crippen MR) is 77.0 cm³/mol. The summed E-state index contributed by atoms with van der Waals surface area (Å²) >= 11 is 0. The fraction of sp³-hybridized carbons (Fsp3) is 1.00. The standard InChI is InChI=1S/C16H33N/c1-12(2)10-13(3)11-15(17)14-6-8-16(4,5)9-7-14/h12-15H,6-11,17H2,1-5H3. The fourth-order valence-electron chi connectivity index (χ4n) is 3.41. The highest BCUT2D eigenvalue weighted by atomic mass is 14.7. The van der Waals surface area contributed by atoms with Crippen LogP contribution in [0, 0.1) is 23.2 Å². The summed E-state index contributed by atoms with van der Waals surface area (Å²) in [5.41, 5.74) is 6.98. The van der Waals surface area contributed by atoms with E-state index in [2.05, 4.69) is 34.6 Å². The Kier molecular flexibility index (Phi) is 5.50. The van der Waals surface area contributed by atoms with E-state index in [4.69, 9.17) is 5.73 Å². The van der Waals surface area contributed by atoms with E-state index in [1.54, 1.807) is 0 Å². The van der Waals surface area contributed by atoms with Gasteiger partial charge in [0.05, 0.1) is 0 Å². The monoisotopic (exact) mass is 239 g/mol. The maximum atomic E-state index is 6.41. The van der Waals surface area contributed by atoms with Crippen LogP contribution in [-0.4, -0.2) is 6.04 Å². The molecule has 1 aliphatic carbocycles. The van der Waals surface area contributed by atoms with Crippen LogP contribution in [0.4, 0.5) is 0 Å². The molecule has 0 saturated heterocycles. The zero-order valence-electron chi connectivity index (χ0n) is 12.6. The molecule has 0 amide bonds. The van der Waals surface area contributed by atoms with E-state index in [1.807, 2.05) is 0 Å². The van der Waals surface area contributed by atoms with Crippen molar-refractivity contribution in [1.82, 2.24) is 0 Å². The SMILES string of the molecule is CC(C)CC(C)CC(N)C1CCC(C)(C)CC1. The van der Waals surface area contributed by atoms with E-state index in [0.717, 1.165) is 17.8 Å². The Morgan fingerprint density at radius 1 is 1.06 bits per heavy atom. The minimum absolute atomic E-state index is 0.444. The molecule has 1 saturated carbocycles. The van der Waals surface area contributed by atoms with Crippen molar-refractivity contribution in [1.29, 1.82) is 0 Å². The fourth-order valence-corrected chi connectivity index (χ4v) is 3.41. The van der Waals surface area contributed by atoms with Crippen LogP contribution < -0.4 is 5.73 Å². The lowest BCUT2D eigenvalue weighted by Gasteiger charge is -2.37. The Morgan fingerprint density at radius 3 is 2.06 bits per heavy atom. The molecule has 0 bridgehead atoms. The molecule has 1 fully saturated rings. The molecule has 2 N–H and O–H groups in total. The maximum Gasteiger partial charge on any atom is 0.00697 e. The Labute approximate surface area is 109 Å². The second kappa shape index (κ2) is 6.22. The van der Waals surface area contributed by atoms with E-state index in [9.17, 15) is 0 Å². The highest BCUT2D eigenvalue weighted by molar-refractivity contribution is 4.84. The molecule has 1 aliphatic rings. The molecule has 0 heterocycles. The van der Waals surface area contributed by atoms with Gasteiger partial charge in [0.25, 0.3) is 0 Å². The van der Waals surface area contributed by atoms with E-state index < -0.39 is 0 Å². The van der Waals surface area contributed by atoms with Gasteiger partial charge in [0.2, 0.25) is 0 Å². The van der Waals surface area contributed by atoms with Crippen molar-refractivity contribution < 1.29 is 0 Å². The van der Waals surface area contributed by atoms with Crippen molar-refractivity contribution in [3.8, 4) is 0 Å². The minimum Gasteiger partial charge on any atom is -0.327 e. The molecule has 2 atom stereocenters. The van der Waals surface area contributed by atoms with Crippen molar-refractivity contribution in [3.05, 3.63) is 0 Å². The summed E-state index contributed by atoms with van der Waals surface area (Å²) in [7, 11) is 0. The molecule has 0 aromatic rings. The van der Waals surface area contributed by atoms with E-state index >= 15 is 0 Å². The van der Waals surface area contributed by atoms with E-state index in [-0.39, 0.29) is 0 Å². The van der Waals surface area contributed by atoms with Crippen LogP contribution in [0.15, 0.2) is 0 Å². The average Bonchev–Trinajstić information content (AvgIpc) is 2.15. The number of hydrogen-bond donors (Lipinski definition) is 1. The van der Waals surface area contributed by atoms with Gasteiger partial charge in [-0.05, 0) is 61.7 Å². The van der Waals surface area contributed by atoms with Crippen LogP contribution in [0.2, 0.25) is 0 Å². The summed E-state index contributed by atoms with van der Waals surface area (Å²) in [6, 6.07) is 0.444. The van der Waals surface area contributed by atoms with Crippen LogP contribution in [0.5, 0.6) is 0 Å². The van der Waals surface area contributed by atoms with Crippen LogP contribution in [0.25, 0.3) is 0 Å². The Morgan fingerprint density at radius 2 is 1.59 bits per heavy atom. The summed E-state index contributed by atoms with van der Waals surface area (Å²) in [5, 5.41) is 0. The first-order valence-electron chi connectivity index (χ1n) is 7.56. The summed E-state index contributed by atoms with van der Waals surface area (Å²) in [4.78, 5) is 0. The van der Waals surface area contributed by atoms with Crippen molar-refractivity contribution >= 4 is 0 Å². The van der Waals surface area contributed by atoms with E-state index in [0.29, 0.717) is 11.5 Å². The molecule has 1 heteroatoms. The molecule has 2 unspecified atom stereocenters. The lowest BCUT2D eigenvalue weighted by atomic mass is 9.70. The molecule has 0 spiro atoms. The first kappa shape index (κ1) is 15.0. The van der Waals surface area contributed by atoms with Crippen molar-refractivity contribution in [2.24, 2.45) is 28.9 Å². The van der Waals surface area contributed by atoms with Gasteiger partial charge in [-0.3, -0.25) is 0 Å². The summed E-state index contributed by atoms with van der Waals surface area (Å²) in [5.74, 6) is 2.39. The smallest absolute Gasteiger partial charge is 0.00697 e. The highest BCUT2D eigenvalue weighted by Gasteiger charge is 2.30. The zero-order chi connectivity index (χ0) is 13.1. The molecular formula is C16H33N. The third-order valence-corrected chi connectivity index (χ3v) is 4.54. The predicted octanol–water partition coefficient (Wildman–Crippen LogP) is 4.60. The lowest BCUT2D eigenvalue weighted by molar-refractivity contribution is 0.163. The lowest BCUT2D eigenvalue weighted by Crippen LogP contribution is -2.36. The van der Waals surface area contributed by atoms with Gasteiger partial charge in [-0.2, -0.15) is 0 Å². The number of rotatable bonds is 5. The van der Waals surface area contributed by atoms with Gasteiger partial charge in [0.1, 0.15) is 0 Å². The Hall–Kier alpha value is -0.0400. The molecule has 0 aromatic carbocycles. The summed E-state index contributed by atoms with van der Waals surface area (Å²) in [6.45, 7) is 11.8. The summed E-state index contributed by atoms with van der Waals surface area (Å²) in [6.07, 6.45) is 7.98. The number of nitrogens with two attached hydrogens (primary N) is 1. The van der Waals surface area contributed by atoms with Crippen molar-refractivity contribution in [2.45, 2.75) is 79.2 Å². The first-order valence-corrected chi connectivity index (χ1v) is 7.56. The third kappa shape index (κ3) is 5.42. The molecule has 0 radical (unpaired) electrons. The highest BCUT2D eigenvalue weighted by Crippen LogP contribution is 2.39. The van der Waals surface area contributed by atoms with Crippen molar-refractivity contribution in [2.75, 3.05) is 0 Å². The third-order valence-electron chi connectivity index (χ3n) is 4.54. The molecule has 0 aromatic heterocycles. The van der Waals surface area contributed by atoms with Gasteiger partial charge in [-0.25, -0.2) is 0 Å². The molecule has 0 aliphatic heterocycles.